The van der Waals surface area contributed by atoms with E-state index >= 15 is 0 Å². The maximum absolute atomic E-state index is 12.5. The molecule has 0 saturated carbocycles. The lowest BCUT2D eigenvalue weighted by Gasteiger charge is -2.14. The van der Waals surface area contributed by atoms with Gasteiger partial charge in [0, 0.05) is 12.1 Å². The van der Waals surface area contributed by atoms with Crippen molar-refractivity contribution in [2.24, 2.45) is 0 Å². The summed E-state index contributed by atoms with van der Waals surface area (Å²) in [6, 6.07) is 7.61. The zero-order valence-electron chi connectivity index (χ0n) is 15.1. The van der Waals surface area contributed by atoms with Crippen molar-refractivity contribution in [1.82, 2.24) is 5.32 Å². The third kappa shape index (κ3) is 6.13. The first kappa shape index (κ1) is 23.5. The minimum atomic E-state index is -4.77. The number of nitrogens with one attached hydrogen (secondary N) is 1. The molecule has 0 saturated heterocycles. The van der Waals surface area contributed by atoms with Crippen molar-refractivity contribution in [3.63, 3.8) is 0 Å². The molecule has 2 aromatic rings. The van der Waals surface area contributed by atoms with Crippen LogP contribution in [0.15, 0.2) is 53.4 Å². The molecule has 0 radical (unpaired) electrons. The van der Waals surface area contributed by atoms with Gasteiger partial charge in [0.25, 0.3) is 5.91 Å². The van der Waals surface area contributed by atoms with Crippen molar-refractivity contribution >= 4 is 15.7 Å². The van der Waals surface area contributed by atoms with Crippen LogP contribution in [-0.4, -0.2) is 44.4 Å². The van der Waals surface area contributed by atoms with E-state index in [1.165, 1.54) is 0 Å². The van der Waals surface area contributed by atoms with Crippen molar-refractivity contribution in [3.05, 3.63) is 59.7 Å². The molecule has 0 aromatic heterocycles. The van der Waals surface area contributed by atoms with Crippen LogP contribution in [0.1, 0.15) is 15.9 Å². The Morgan fingerprint density at radius 2 is 1.60 bits per heavy atom. The first-order chi connectivity index (χ1) is 13.9. The van der Waals surface area contributed by atoms with Crippen LogP contribution >= 0.6 is 0 Å². The highest BCUT2D eigenvalue weighted by molar-refractivity contribution is 7.91. The third-order valence-corrected chi connectivity index (χ3v) is 5.20. The average Bonchev–Trinajstić information content (AvgIpc) is 2.70. The Balaban J connectivity index is 1.84. The molecule has 12 heteroatoms. The van der Waals surface area contributed by atoms with Crippen LogP contribution in [0.4, 0.5) is 22.0 Å². The lowest BCUT2D eigenvalue weighted by molar-refractivity contribution is -0.137. The topological polar surface area (TPSA) is 92.7 Å². The van der Waals surface area contributed by atoms with Crippen molar-refractivity contribution in [2.75, 3.05) is 13.2 Å². The molecule has 1 amide bonds. The Labute approximate surface area is 168 Å². The SMILES string of the molecule is O=C(NCC(O)COc1ccc(C(F)(F)F)cc1)c1ccc(S(=O)(=O)C(F)F)cc1. The maximum Gasteiger partial charge on any atom is 0.416 e. The highest BCUT2D eigenvalue weighted by atomic mass is 32.2. The van der Waals surface area contributed by atoms with Gasteiger partial charge in [-0.15, -0.1) is 0 Å². The number of hydrogen-bond donors (Lipinski definition) is 2. The number of alkyl halides is 5. The van der Waals surface area contributed by atoms with Gasteiger partial charge >= 0.3 is 11.9 Å². The normalized spacial score (nSPS) is 13.2. The second-order valence-electron chi connectivity index (χ2n) is 6.03. The summed E-state index contributed by atoms with van der Waals surface area (Å²) < 4.78 is 90.2. The summed E-state index contributed by atoms with van der Waals surface area (Å²) in [7, 11) is -4.77. The molecule has 164 valence electrons. The molecule has 0 spiro atoms. The van der Waals surface area contributed by atoms with Gasteiger partial charge in [0.2, 0.25) is 9.84 Å². The number of hydrogen-bond acceptors (Lipinski definition) is 5. The molecule has 2 rings (SSSR count). The molecule has 2 aromatic carbocycles. The lowest BCUT2D eigenvalue weighted by Crippen LogP contribution is -2.35. The molecule has 6 nitrogen and oxygen atoms in total. The number of sulfone groups is 1. The van der Waals surface area contributed by atoms with Gasteiger partial charge in [0.1, 0.15) is 18.5 Å². The molecule has 30 heavy (non-hydrogen) atoms. The summed E-state index contributed by atoms with van der Waals surface area (Å²) >= 11 is 0. The van der Waals surface area contributed by atoms with Gasteiger partial charge in [-0.3, -0.25) is 4.79 Å². The van der Waals surface area contributed by atoms with E-state index in [1.54, 1.807) is 0 Å². The van der Waals surface area contributed by atoms with Gasteiger partial charge in [-0.2, -0.15) is 22.0 Å². The number of rotatable bonds is 8. The van der Waals surface area contributed by atoms with Crippen LogP contribution < -0.4 is 10.1 Å². The molecule has 0 bridgehead atoms. The van der Waals surface area contributed by atoms with E-state index in [0.717, 1.165) is 48.5 Å². The monoisotopic (exact) mass is 453 g/mol. The number of benzene rings is 2. The van der Waals surface area contributed by atoms with E-state index in [9.17, 15) is 40.3 Å². The summed E-state index contributed by atoms with van der Waals surface area (Å²) in [6.45, 7) is -0.603. The van der Waals surface area contributed by atoms with E-state index in [1.807, 2.05) is 0 Å². The van der Waals surface area contributed by atoms with Gasteiger partial charge in [0.05, 0.1) is 10.5 Å². The number of amides is 1. The fraction of sp³-hybridized carbons (Fsp3) is 0.278. The maximum atomic E-state index is 12.5. The highest BCUT2D eigenvalue weighted by Crippen LogP contribution is 2.30. The van der Waals surface area contributed by atoms with Crippen molar-refractivity contribution < 1.29 is 45.0 Å². The number of aliphatic hydroxyl groups excluding tert-OH is 1. The smallest absolute Gasteiger partial charge is 0.416 e. The first-order valence-electron chi connectivity index (χ1n) is 8.29. The molecule has 0 fully saturated rings. The van der Waals surface area contributed by atoms with Crippen LogP contribution in [0.5, 0.6) is 5.75 Å². The minimum Gasteiger partial charge on any atom is -0.491 e. The standard InChI is InChI=1S/C18H16F5NO5S/c19-17(20)30(27,28)15-7-1-11(2-8-15)16(26)24-9-13(25)10-29-14-5-3-12(4-6-14)18(21,22)23/h1-8,13,17,25H,9-10H2,(H,24,26). The van der Waals surface area contributed by atoms with Gasteiger partial charge in [-0.1, -0.05) is 0 Å². The summed E-state index contributed by atoms with van der Waals surface area (Å²) in [5.41, 5.74) is -0.880. The first-order valence-corrected chi connectivity index (χ1v) is 9.84. The molecule has 0 aliphatic heterocycles. The zero-order chi connectivity index (χ0) is 22.5. The highest BCUT2D eigenvalue weighted by Gasteiger charge is 2.30. The van der Waals surface area contributed by atoms with Gasteiger partial charge in [0.15, 0.2) is 0 Å². The Kier molecular flexibility index (Phi) is 7.37. The predicted octanol–water partition coefficient (Wildman–Crippen LogP) is 2.87. The van der Waals surface area contributed by atoms with Crippen LogP contribution in [-0.2, 0) is 16.0 Å². The van der Waals surface area contributed by atoms with Crippen LogP contribution in [0.2, 0.25) is 0 Å². The van der Waals surface area contributed by atoms with Crippen molar-refractivity contribution in [3.8, 4) is 5.75 Å². The summed E-state index contributed by atoms with van der Waals surface area (Å²) in [6.07, 6.45) is -5.68. The molecule has 0 aliphatic carbocycles. The number of halogens is 5. The molecule has 2 N–H and O–H groups in total. The van der Waals surface area contributed by atoms with E-state index in [0.29, 0.717) is 0 Å². The quantitative estimate of drug-likeness (QED) is 0.600. The molecule has 1 unspecified atom stereocenters. The second kappa shape index (κ2) is 9.39. The largest absolute Gasteiger partial charge is 0.491 e. The predicted molar refractivity (Wildman–Crippen MR) is 94.9 cm³/mol. The Morgan fingerprint density at radius 1 is 1.03 bits per heavy atom. The summed E-state index contributed by atoms with van der Waals surface area (Å²) in [5, 5.41) is 12.1. The molecule has 0 aliphatic rings. The Hall–Kier alpha value is -2.73. The second-order valence-corrected chi connectivity index (χ2v) is 7.94. The number of ether oxygens (including phenoxy) is 1. The van der Waals surface area contributed by atoms with E-state index in [-0.39, 0.29) is 24.5 Å². The summed E-state index contributed by atoms with van der Waals surface area (Å²) in [5.74, 6) is -4.20. The third-order valence-electron chi connectivity index (χ3n) is 3.80. The Bertz CT molecular complexity index is 960. The van der Waals surface area contributed by atoms with Gasteiger partial charge in [-0.05, 0) is 48.5 Å². The van der Waals surface area contributed by atoms with Crippen LogP contribution in [0, 0.1) is 0 Å². The van der Waals surface area contributed by atoms with Crippen molar-refractivity contribution in [1.29, 1.82) is 0 Å². The summed E-state index contributed by atoms with van der Waals surface area (Å²) in [4.78, 5) is 11.3. The number of carbonyl (C=O) groups is 1. The van der Waals surface area contributed by atoms with Gasteiger partial charge in [-0.25, -0.2) is 8.42 Å². The molecular weight excluding hydrogens is 437 g/mol. The minimum absolute atomic E-state index is 0.0286. The molecule has 0 heterocycles. The van der Waals surface area contributed by atoms with E-state index in [2.05, 4.69) is 5.32 Å². The zero-order valence-corrected chi connectivity index (χ0v) is 15.9. The molecule has 1 atom stereocenters. The van der Waals surface area contributed by atoms with E-state index in [4.69, 9.17) is 4.74 Å². The van der Waals surface area contributed by atoms with Crippen LogP contribution in [0.25, 0.3) is 0 Å². The number of aliphatic hydroxyl groups is 1. The van der Waals surface area contributed by atoms with E-state index < -0.39 is 44.2 Å². The average molecular weight is 453 g/mol. The van der Waals surface area contributed by atoms with Crippen molar-refractivity contribution in [2.45, 2.75) is 22.9 Å². The van der Waals surface area contributed by atoms with Crippen LogP contribution in [0.3, 0.4) is 0 Å². The Morgan fingerprint density at radius 3 is 2.10 bits per heavy atom. The molecular formula is C18H16F5NO5S. The number of carbonyl (C=O) groups excluding carboxylic acids is 1. The van der Waals surface area contributed by atoms with Gasteiger partial charge < -0.3 is 15.2 Å². The lowest BCUT2D eigenvalue weighted by atomic mass is 10.2. The fourth-order valence-electron chi connectivity index (χ4n) is 2.20. The fourth-order valence-corrected chi connectivity index (χ4v) is 2.92.